The largest absolute Gasteiger partial charge is 0.477 e. The van der Waals surface area contributed by atoms with Gasteiger partial charge in [0.1, 0.15) is 11.5 Å². The Labute approximate surface area is 113 Å². The van der Waals surface area contributed by atoms with E-state index in [1.54, 1.807) is 6.92 Å². The Kier molecular flexibility index (Phi) is 3.57. The molecule has 6 heteroatoms. The highest BCUT2D eigenvalue weighted by atomic mass is 19.1. The summed E-state index contributed by atoms with van der Waals surface area (Å²) in [5.41, 5.74) is -1.19. The average molecular weight is 281 g/mol. The first-order chi connectivity index (χ1) is 9.36. The normalized spacial score (nSPS) is 12.6. The molecule has 106 valence electrons. The maximum Gasteiger partial charge on any atom is 0.352 e. The van der Waals surface area contributed by atoms with Crippen LogP contribution in [-0.2, 0) is 0 Å². The molecule has 2 aromatic rings. The second-order valence-corrected chi connectivity index (χ2v) is 4.61. The van der Waals surface area contributed by atoms with Gasteiger partial charge >= 0.3 is 5.97 Å². The van der Waals surface area contributed by atoms with Gasteiger partial charge in [0.25, 0.3) is 0 Å². The predicted molar refractivity (Wildman–Crippen MR) is 70.1 cm³/mol. The minimum atomic E-state index is -1.33. The lowest BCUT2D eigenvalue weighted by molar-refractivity contribution is 0.0682. The van der Waals surface area contributed by atoms with Gasteiger partial charge in [-0.05, 0) is 19.4 Å². The maximum absolute atomic E-state index is 14.0. The minimum Gasteiger partial charge on any atom is -0.477 e. The van der Waals surface area contributed by atoms with E-state index in [4.69, 9.17) is 0 Å². The highest BCUT2D eigenvalue weighted by Gasteiger charge is 2.20. The Morgan fingerprint density at radius 2 is 2.00 bits per heavy atom. The Hall–Kier alpha value is -2.24. The molecule has 1 heterocycles. The van der Waals surface area contributed by atoms with E-state index in [2.05, 4.69) is 0 Å². The number of pyridine rings is 1. The smallest absolute Gasteiger partial charge is 0.352 e. The van der Waals surface area contributed by atoms with Crippen molar-refractivity contribution in [3.63, 3.8) is 0 Å². The van der Waals surface area contributed by atoms with Crippen molar-refractivity contribution in [3.8, 4) is 0 Å². The SMILES string of the molecule is CCC(C)n1c(C(=O)O)cc(=O)c2cc(F)cc(F)c21. The highest BCUT2D eigenvalue weighted by molar-refractivity contribution is 5.90. The van der Waals surface area contributed by atoms with Crippen molar-refractivity contribution in [1.82, 2.24) is 4.57 Å². The molecule has 1 N–H and O–H groups in total. The molecule has 0 aliphatic heterocycles. The third kappa shape index (κ3) is 2.17. The van der Waals surface area contributed by atoms with E-state index in [1.807, 2.05) is 6.92 Å². The first-order valence-electron chi connectivity index (χ1n) is 6.14. The molecule has 0 saturated heterocycles. The van der Waals surface area contributed by atoms with Crippen LogP contribution in [0.25, 0.3) is 10.9 Å². The molecule has 4 nitrogen and oxygen atoms in total. The van der Waals surface area contributed by atoms with E-state index < -0.39 is 23.0 Å². The van der Waals surface area contributed by atoms with E-state index >= 15 is 0 Å². The Balaban J connectivity index is 3.04. The Bertz CT molecular complexity index is 752. The van der Waals surface area contributed by atoms with Crippen LogP contribution in [0.5, 0.6) is 0 Å². The molecule has 0 aliphatic rings. The van der Waals surface area contributed by atoms with Gasteiger partial charge in [0.15, 0.2) is 11.2 Å². The molecule has 0 radical (unpaired) electrons. The molecule has 0 fully saturated rings. The number of carbonyl (C=O) groups is 1. The second kappa shape index (κ2) is 5.03. The summed E-state index contributed by atoms with van der Waals surface area (Å²) in [6.07, 6.45) is 0.537. The van der Waals surface area contributed by atoms with Crippen LogP contribution in [0.15, 0.2) is 23.0 Å². The monoisotopic (exact) mass is 281 g/mol. The summed E-state index contributed by atoms with van der Waals surface area (Å²) in [5, 5.41) is 9.02. The summed E-state index contributed by atoms with van der Waals surface area (Å²) >= 11 is 0. The number of halogens is 2. The quantitative estimate of drug-likeness (QED) is 0.941. The van der Waals surface area contributed by atoms with Gasteiger partial charge in [0.2, 0.25) is 0 Å². The number of aromatic nitrogens is 1. The standard InChI is InChI=1S/C14H13F2NO3/c1-3-7(2)17-11(14(19)20)6-12(18)9-4-8(15)5-10(16)13(9)17/h4-7H,3H2,1-2H3,(H,19,20). The topological polar surface area (TPSA) is 59.3 Å². The van der Waals surface area contributed by atoms with Crippen LogP contribution in [-0.4, -0.2) is 15.6 Å². The van der Waals surface area contributed by atoms with Crippen LogP contribution in [0, 0.1) is 11.6 Å². The zero-order chi connectivity index (χ0) is 15.0. The van der Waals surface area contributed by atoms with Gasteiger partial charge in [-0.15, -0.1) is 0 Å². The molecule has 0 spiro atoms. The first kappa shape index (κ1) is 14.2. The number of rotatable bonds is 3. The molecule has 1 aromatic carbocycles. The second-order valence-electron chi connectivity index (χ2n) is 4.61. The molecule has 2 rings (SSSR count). The Morgan fingerprint density at radius 3 is 2.55 bits per heavy atom. The molecule has 1 atom stereocenters. The number of benzene rings is 1. The maximum atomic E-state index is 14.0. The summed E-state index contributed by atoms with van der Waals surface area (Å²) in [6.45, 7) is 3.51. The Morgan fingerprint density at radius 1 is 1.35 bits per heavy atom. The van der Waals surface area contributed by atoms with Crippen LogP contribution in [0.1, 0.15) is 36.8 Å². The lowest BCUT2D eigenvalue weighted by Gasteiger charge is -2.20. The molecular formula is C14H13F2NO3. The fourth-order valence-corrected chi connectivity index (χ4v) is 2.20. The van der Waals surface area contributed by atoms with Crippen molar-refractivity contribution in [2.45, 2.75) is 26.3 Å². The van der Waals surface area contributed by atoms with Gasteiger partial charge in [0.05, 0.1) is 10.9 Å². The lowest BCUT2D eigenvalue weighted by Crippen LogP contribution is -2.21. The predicted octanol–water partition coefficient (Wildman–Crippen LogP) is 2.95. The molecule has 1 aromatic heterocycles. The van der Waals surface area contributed by atoms with E-state index in [9.17, 15) is 23.5 Å². The third-order valence-corrected chi connectivity index (χ3v) is 3.31. The van der Waals surface area contributed by atoms with E-state index in [1.165, 1.54) is 4.57 Å². The number of carboxylic acid groups (broad SMARTS) is 1. The van der Waals surface area contributed by atoms with Crippen molar-refractivity contribution in [1.29, 1.82) is 0 Å². The fourth-order valence-electron chi connectivity index (χ4n) is 2.20. The fraction of sp³-hybridized carbons (Fsp3) is 0.286. The number of nitrogens with zero attached hydrogens (tertiary/aromatic N) is 1. The van der Waals surface area contributed by atoms with Gasteiger partial charge in [-0.2, -0.15) is 0 Å². The van der Waals surface area contributed by atoms with Gasteiger partial charge in [0, 0.05) is 18.2 Å². The molecule has 0 bridgehead atoms. The van der Waals surface area contributed by atoms with Crippen molar-refractivity contribution in [2.24, 2.45) is 0 Å². The molecule has 0 amide bonds. The van der Waals surface area contributed by atoms with Gasteiger partial charge in [-0.3, -0.25) is 4.79 Å². The van der Waals surface area contributed by atoms with Crippen molar-refractivity contribution >= 4 is 16.9 Å². The van der Waals surface area contributed by atoms with Gasteiger partial charge < -0.3 is 9.67 Å². The molecule has 1 unspecified atom stereocenters. The van der Waals surface area contributed by atoms with Gasteiger partial charge in [-0.1, -0.05) is 6.92 Å². The van der Waals surface area contributed by atoms with Crippen LogP contribution in [0.4, 0.5) is 8.78 Å². The van der Waals surface area contributed by atoms with Crippen molar-refractivity contribution in [3.05, 3.63) is 45.8 Å². The van der Waals surface area contributed by atoms with Crippen LogP contribution in [0.3, 0.4) is 0 Å². The van der Waals surface area contributed by atoms with E-state index in [-0.39, 0.29) is 22.6 Å². The highest BCUT2D eigenvalue weighted by Crippen LogP contribution is 2.24. The summed E-state index contributed by atoms with van der Waals surface area (Å²) in [7, 11) is 0. The average Bonchev–Trinajstić information content (AvgIpc) is 2.38. The number of hydrogen-bond acceptors (Lipinski definition) is 2. The van der Waals surface area contributed by atoms with Crippen LogP contribution >= 0.6 is 0 Å². The molecule has 20 heavy (non-hydrogen) atoms. The summed E-state index contributed by atoms with van der Waals surface area (Å²) in [5.74, 6) is -3.14. The molecule has 0 aliphatic carbocycles. The summed E-state index contributed by atoms with van der Waals surface area (Å²) in [4.78, 5) is 23.1. The third-order valence-electron chi connectivity index (χ3n) is 3.31. The number of fused-ring (bicyclic) bond motifs is 1. The van der Waals surface area contributed by atoms with Crippen LogP contribution in [0.2, 0.25) is 0 Å². The lowest BCUT2D eigenvalue weighted by atomic mass is 10.1. The summed E-state index contributed by atoms with van der Waals surface area (Å²) in [6, 6.07) is 2.12. The van der Waals surface area contributed by atoms with Crippen LogP contribution < -0.4 is 5.43 Å². The van der Waals surface area contributed by atoms with Gasteiger partial charge in [-0.25, -0.2) is 13.6 Å². The zero-order valence-corrected chi connectivity index (χ0v) is 11.0. The number of aromatic carboxylic acids is 1. The van der Waals surface area contributed by atoms with Crippen molar-refractivity contribution in [2.75, 3.05) is 0 Å². The molecular weight excluding hydrogens is 268 g/mol. The minimum absolute atomic E-state index is 0.159. The zero-order valence-electron chi connectivity index (χ0n) is 11.0. The summed E-state index contributed by atoms with van der Waals surface area (Å²) < 4.78 is 28.5. The first-order valence-corrected chi connectivity index (χ1v) is 6.14. The number of hydrogen-bond donors (Lipinski definition) is 1. The van der Waals surface area contributed by atoms with Crippen molar-refractivity contribution < 1.29 is 18.7 Å². The van der Waals surface area contributed by atoms with E-state index in [0.29, 0.717) is 12.5 Å². The number of carboxylic acids is 1. The van der Waals surface area contributed by atoms with E-state index in [0.717, 1.165) is 12.1 Å². The molecule has 0 saturated carbocycles.